The Hall–Kier alpha value is 0.600. The molecular weight excluding hydrogens is 156 g/mol. The van der Waals surface area contributed by atoms with Crippen molar-refractivity contribution >= 4 is 23.4 Å². The van der Waals surface area contributed by atoms with Crippen LogP contribution in [-0.4, -0.2) is 23.2 Å². The van der Waals surface area contributed by atoms with Crippen LogP contribution in [-0.2, 0) is 4.74 Å². The fraction of sp³-hybridized carbons (Fsp3) is 1.00. The Balaban J connectivity index is 2.22. The molecule has 0 aromatic heterocycles. The monoisotopic (exact) mass is 166 g/mol. The van der Waals surface area contributed by atoms with Crippen molar-refractivity contribution in [1.82, 2.24) is 0 Å². The van der Waals surface area contributed by atoms with Crippen molar-refractivity contribution in [3.05, 3.63) is 0 Å². The summed E-state index contributed by atoms with van der Waals surface area (Å²) >= 11 is 7.73. The first-order valence-electron chi connectivity index (χ1n) is 3.22. The molecule has 2 unspecified atom stereocenters. The first-order valence-corrected chi connectivity index (χ1v) is 4.70. The molecule has 1 nitrogen and oxygen atoms in total. The second-order valence-electron chi connectivity index (χ2n) is 2.00. The van der Waals surface area contributed by atoms with E-state index in [1.54, 1.807) is 0 Å². The molecule has 0 radical (unpaired) electrons. The van der Waals surface area contributed by atoms with Crippen molar-refractivity contribution in [2.24, 2.45) is 0 Å². The van der Waals surface area contributed by atoms with Crippen LogP contribution in [0.1, 0.15) is 13.3 Å². The Morgan fingerprint density at radius 3 is 3.00 bits per heavy atom. The molecule has 0 saturated carbocycles. The highest BCUT2D eigenvalue weighted by Crippen LogP contribution is 2.31. The van der Waals surface area contributed by atoms with Gasteiger partial charge >= 0.3 is 0 Å². The molecule has 1 aliphatic heterocycles. The molecule has 1 aliphatic rings. The predicted molar refractivity (Wildman–Crippen MR) is 42.1 cm³/mol. The molecule has 0 aliphatic carbocycles. The van der Waals surface area contributed by atoms with Crippen LogP contribution in [0, 0.1) is 0 Å². The molecule has 9 heavy (non-hydrogen) atoms. The van der Waals surface area contributed by atoms with Gasteiger partial charge in [-0.1, -0.05) is 0 Å². The van der Waals surface area contributed by atoms with Crippen LogP contribution < -0.4 is 0 Å². The highest BCUT2D eigenvalue weighted by molar-refractivity contribution is 8.00. The average molecular weight is 167 g/mol. The average Bonchev–Trinajstić information content (AvgIpc) is 2.18. The van der Waals surface area contributed by atoms with Crippen molar-refractivity contribution in [1.29, 1.82) is 0 Å². The molecule has 1 fully saturated rings. The van der Waals surface area contributed by atoms with Crippen LogP contribution >= 0.6 is 23.4 Å². The quantitative estimate of drug-likeness (QED) is 0.581. The van der Waals surface area contributed by atoms with Crippen molar-refractivity contribution in [2.45, 2.75) is 24.2 Å². The summed E-state index contributed by atoms with van der Waals surface area (Å²) in [7, 11) is 0. The van der Waals surface area contributed by atoms with E-state index in [1.807, 2.05) is 18.7 Å². The van der Waals surface area contributed by atoms with Gasteiger partial charge in [0.15, 0.2) is 0 Å². The van der Waals surface area contributed by atoms with E-state index in [0.717, 1.165) is 18.8 Å². The summed E-state index contributed by atoms with van der Waals surface area (Å²) in [6.07, 6.45) is 1.09. The van der Waals surface area contributed by atoms with Crippen LogP contribution in [0.2, 0.25) is 0 Å². The lowest BCUT2D eigenvalue weighted by atomic mass is 10.3. The summed E-state index contributed by atoms with van der Waals surface area (Å²) in [6, 6.07) is 0. The zero-order chi connectivity index (χ0) is 6.69. The summed E-state index contributed by atoms with van der Waals surface area (Å²) in [6.45, 7) is 2.78. The zero-order valence-corrected chi connectivity index (χ0v) is 7.04. The Kier molecular flexibility index (Phi) is 3.16. The largest absolute Gasteiger partial charge is 0.366 e. The smallest absolute Gasteiger partial charge is 0.119 e. The number of thioether (sulfide) groups is 1. The van der Waals surface area contributed by atoms with Gasteiger partial charge in [0.25, 0.3) is 0 Å². The van der Waals surface area contributed by atoms with Gasteiger partial charge in [0, 0.05) is 6.61 Å². The van der Waals surface area contributed by atoms with Gasteiger partial charge in [-0.25, -0.2) is 0 Å². The molecular formula is C6H11ClOS. The SMILES string of the molecule is CCOC1SCCC1Cl. The van der Waals surface area contributed by atoms with E-state index in [4.69, 9.17) is 16.3 Å². The van der Waals surface area contributed by atoms with Gasteiger partial charge in [-0.15, -0.1) is 23.4 Å². The normalized spacial score (nSPS) is 35.3. The number of hydrogen-bond donors (Lipinski definition) is 0. The number of alkyl halides is 1. The Morgan fingerprint density at radius 2 is 2.56 bits per heavy atom. The molecule has 0 bridgehead atoms. The molecule has 0 aromatic carbocycles. The minimum absolute atomic E-state index is 0.245. The number of ether oxygens (including phenoxy) is 1. The topological polar surface area (TPSA) is 9.23 Å². The van der Waals surface area contributed by atoms with Gasteiger partial charge in [0.2, 0.25) is 0 Å². The Labute approximate surface area is 65.1 Å². The van der Waals surface area contributed by atoms with Crippen LogP contribution in [0.25, 0.3) is 0 Å². The minimum Gasteiger partial charge on any atom is -0.366 e. The van der Waals surface area contributed by atoms with E-state index >= 15 is 0 Å². The molecule has 3 heteroatoms. The van der Waals surface area contributed by atoms with E-state index in [2.05, 4.69) is 0 Å². The van der Waals surface area contributed by atoms with E-state index in [-0.39, 0.29) is 10.8 Å². The molecule has 0 aromatic rings. The highest BCUT2D eigenvalue weighted by atomic mass is 35.5. The Bertz CT molecular complexity index is 89.1. The minimum atomic E-state index is 0.245. The maximum Gasteiger partial charge on any atom is 0.119 e. The number of halogens is 1. The van der Waals surface area contributed by atoms with Crippen molar-refractivity contribution in [2.75, 3.05) is 12.4 Å². The maximum atomic E-state index is 5.91. The number of hydrogen-bond acceptors (Lipinski definition) is 2. The van der Waals surface area contributed by atoms with Gasteiger partial charge in [0.1, 0.15) is 5.44 Å². The summed E-state index contributed by atoms with van der Waals surface area (Å²) in [4.78, 5) is 0. The highest BCUT2D eigenvalue weighted by Gasteiger charge is 2.25. The molecule has 54 valence electrons. The van der Waals surface area contributed by atoms with Crippen molar-refractivity contribution in [3.63, 3.8) is 0 Å². The summed E-state index contributed by atoms with van der Waals surface area (Å²) in [5, 5.41) is 0.245. The standard InChI is InChI=1S/C6H11ClOS/c1-2-8-6-5(7)3-4-9-6/h5-6H,2-4H2,1H3. The van der Waals surface area contributed by atoms with Crippen LogP contribution in [0.5, 0.6) is 0 Å². The number of rotatable bonds is 2. The lowest BCUT2D eigenvalue weighted by molar-refractivity contribution is 0.126. The van der Waals surface area contributed by atoms with E-state index in [1.165, 1.54) is 0 Å². The first kappa shape index (κ1) is 7.70. The molecule has 1 saturated heterocycles. The lowest BCUT2D eigenvalue weighted by Crippen LogP contribution is -2.14. The second-order valence-corrected chi connectivity index (χ2v) is 3.77. The van der Waals surface area contributed by atoms with E-state index < -0.39 is 0 Å². The van der Waals surface area contributed by atoms with Gasteiger partial charge in [-0.2, -0.15) is 0 Å². The van der Waals surface area contributed by atoms with Crippen LogP contribution in [0.4, 0.5) is 0 Å². The second kappa shape index (κ2) is 3.69. The third kappa shape index (κ3) is 2.03. The third-order valence-electron chi connectivity index (χ3n) is 1.30. The van der Waals surface area contributed by atoms with Crippen LogP contribution in [0.15, 0.2) is 0 Å². The van der Waals surface area contributed by atoms with Gasteiger partial charge in [0.05, 0.1) is 5.38 Å². The van der Waals surface area contributed by atoms with Gasteiger partial charge in [-0.05, 0) is 19.1 Å². The fourth-order valence-corrected chi connectivity index (χ4v) is 2.58. The molecule has 0 amide bonds. The molecule has 1 rings (SSSR count). The van der Waals surface area contributed by atoms with Crippen LogP contribution in [0.3, 0.4) is 0 Å². The third-order valence-corrected chi connectivity index (χ3v) is 3.16. The van der Waals surface area contributed by atoms with Crippen molar-refractivity contribution in [3.8, 4) is 0 Å². The maximum absolute atomic E-state index is 5.91. The first-order chi connectivity index (χ1) is 4.34. The summed E-state index contributed by atoms with van der Waals surface area (Å²) < 4.78 is 5.35. The summed E-state index contributed by atoms with van der Waals surface area (Å²) in [5.41, 5.74) is 0.261. The molecule has 0 N–H and O–H groups in total. The van der Waals surface area contributed by atoms with Gasteiger partial charge in [-0.3, -0.25) is 0 Å². The van der Waals surface area contributed by atoms with E-state index in [0.29, 0.717) is 0 Å². The molecule has 0 spiro atoms. The summed E-state index contributed by atoms with van der Waals surface area (Å²) in [5.74, 6) is 1.15. The van der Waals surface area contributed by atoms with Gasteiger partial charge < -0.3 is 4.74 Å². The lowest BCUT2D eigenvalue weighted by Gasteiger charge is -2.11. The zero-order valence-electron chi connectivity index (χ0n) is 5.47. The van der Waals surface area contributed by atoms with E-state index in [9.17, 15) is 0 Å². The fourth-order valence-electron chi connectivity index (χ4n) is 0.854. The molecule has 2 atom stereocenters. The Morgan fingerprint density at radius 1 is 1.78 bits per heavy atom. The predicted octanol–water partition coefficient (Wildman–Crippen LogP) is 2.09. The van der Waals surface area contributed by atoms with Crippen molar-refractivity contribution < 1.29 is 4.74 Å². The molecule has 1 heterocycles.